The molecule has 0 bridgehead atoms. The van der Waals surface area contributed by atoms with E-state index < -0.39 is 5.97 Å². The van der Waals surface area contributed by atoms with Crippen molar-refractivity contribution in [3.05, 3.63) is 51.0 Å². The van der Waals surface area contributed by atoms with Gasteiger partial charge in [-0.25, -0.2) is 9.78 Å². The summed E-state index contributed by atoms with van der Waals surface area (Å²) < 4.78 is 0. The highest BCUT2D eigenvalue weighted by Gasteiger charge is 2.12. The Hall–Kier alpha value is -2.21. The molecule has 5 nitrogen and oxygen atoms in total. The average molecular weight is 344 g/mol. The first-order valence-corrected chi connectivity index (χ1v) is 9.05. The summed E-state index contributed by atoms with van der Waals surface area (Å²) in [5, 5.41) is 14.0. The lowest BCUT2D eigenvalue weighted by Gasteiger charge is -2.16. The molecular weight excluding hydrogens is 324 g/mol. The highest BCUT2D eigenvalue weighted by Crippen LogP contribution is 2.22. The van der Waals surface area contributed by atoms with Gasteiger partial charge in [-0.3, -0.25) is 4.79 Å². The van der Waals surface area contributed by atoms with Crippen LogP contribution in [0.15, 0.2) is 23.6 Å². The summed E-state index contributed by atoms with van der Waals surface area (Å²) in [5.41, 5.74) is 3.92. The van der Waals surface area contributed by atoms with Gasteiger partial charge in [0.1, 0.15) is 0 Å². The molecule has 2 aromatic rings. The maximum absolute atomic E-state index is 12.1. The number of aromatic carboxylic acids is 1. The zero-order valence-electron chi connectivity index (χ0n) is 13.4. The number of amides is 1. The molecule has 0 atom stereocenters. The molecule has 0 fully saturated rings. The van der Waals surface area contributed by atoms with E-state index in [1.807, 2.05) is 6.07 Å². The van der Waals surface area contributed by atoms with Crippen molar-refractivity contribution in [2.24, 2.45) is 0 Å². The Morgan fingerprint density at radius 3 is 2.75 bits per heavy atom. The third-order valence-electron chi connectivity index (χ3n) is 4.21. The highest BCUT2D eigenvalue weighted by molar-refractivity contribution is 7.09. The minimum Gasteiger partial charge on any atom is -0.476 e. The lowest BCUT2D eigenvalue weighted by Crippen LogP contribution is -2.27. The van der Waals surface area contributed by atoms with E-state index in [0.29, 0.717) is 19.4 Å². The fourth-order valence-corrected chi connectivity index (χ4v) is 3.75. The third-order valence-corrected chi connectivity index (χ3v) is 5.12. The van der Waals surface area contributed by atoms with E-state index in [0.717, 1.165) is 23.4 Å². The first-order chi connectivity index (χ1) is 11.6. The van der Waals surface area contributed by atoms with Crippen molar-refractivity contribution in [1.82, 2.24) is 10.3 Å². The predicted molar refractivity (Wildman–Crippen MR) is 92.6 cm³/mol. The first-order valence-electron chi connectivity index (χ1n) is 8.17. The van der Waals surface area contributed by atoms with E-state index >= 15 is 0 Å². The van der Waals surface area contributed by atoms with E-state index in [2.05, 4.69) is 22.4 Å². The van der Waals surface area contributed by atoms with Crippen LogP contribution in [-0.4, -0.2) is 28.5 Å². The zero-order valence-corrected chi connectivity index (χ0v) is 14.2. The van der Waals surface area contributed by atoms with Crippen molar-refractivity contribution in [3.8, 4) is 0 Å². The fraction of sp³-hybridized carbons (Fsp3) is 0.389. The fourth-order valence-electron chi connectivity index (χ4n) is 2.98. The van der Waals surface area contributed by atoms with E-state index in [4.69, 9.17) is 5.11 Å². The van der Waals surface area contributed by atoms with Crippen molar-refractivity contribution in [1.29, 1.82) is 0 Å². The molecule has 0 saturated carbocycles. The van der Waals surface area contributed by atoms with Crippen molar-refractivity contribution in [2.75, 3.05) is 6.54 Å². The highest BCUT2D eigenvalue weighted by atomic mass is 32.1. The Bertz CT molecular complexity index is 754. The van der Waals surface area contributed by atoms with Crippen molar-refractivity contribution in [2.45, 2.75) is 38.5 Å². The van der Waals surface area contributed by atoms with Crippen molar-refractivity contribution < 1.29 is 14.7 Å². The maximum atomic E-state index is 12.1. The van der Waals surface area contributed by atoms with E-state index in [1.54, 1.807) is 0 Å². The molecule has 126 valence electrons. The van der Waals surface area contributed by atoms with Crippen molar-refractivity contribution >= 4 is 23.2 Å². The molecule has 0 saturated heterocycles. The molecular formula is C18H20N2O3S. The summed E-state index contributed by atoms with van der Waals surface area (Å²) in [5.74, 6) is -1.03. The molecule has 6 heteroatoms. The first kappa shape index (κ1) is 16.6. The lowest BCUT2D eigenvalue weighted by atomic mass is 9.90. The number of hydrogen-bond acceptors (Lipinski definition) is 4. The van der Waals surface area contributed by atoms with Gasteiger partial charge in [0.15, 0.2) is 5.69 Å². The summed E-state index contributed by atoms with van der Waals surface area (Å²) in [6.45, 7) is 0.469. The number of nitrogens with one attached hydrogen (secondary N) is 1. The van der Waals surface area contributed by atoms with E-state index in [-0.39, 0.29) is 11.6 Å². The Kier molecular flexibility index (Phi) is 5.25. The van der Waals surface area contributed by atoms with Crippen LogP contribution < -0.4 is 5.32 Å². The van der Waals surface area contributed by atoms with Crippen LogP contribution in [0.1, 0.15) is 45.0 Å². The Morgan fingerprint density at radius 2 is 2.00 bits per heavy atom. The standard InChI is InChI=1S/C18H20N2O3S/c21-16(19-8-7-17-20-15(11-24-17)18(22)23)10-12-5-6-13-3-1-2-4-14(13)9-12/h5-6,9,11H,1-4,7-8,10H2,(H,19,21)(H,22,23). The smallest absolute Gasteiger partial charge is 0.355 e. The van der Waals surface area contributed by atoms with Crippen LogP contribution in [0.25, 0.3) is 0 Å². The van der Waals surface area contributed by atoms with Gasteiger partial charge in [0.25, 0.3) is 0 Å². The SMILES string of the molecule is O=C(Cc1ccc2c(c1)CCCC2)NCCc1nc(C(=O)O)cs1. The number of carboxylic acids is 1. The molecule has 24 heavy (non-hydrogen) atoms. The molecule has 1 aromatic heterocycles. The number of nitrogens with zero attached hydrogens (tertiary/aromatic N) is 1. The second kappa shape index (κ2) is 7.57. The predicted octanol–water partition coefficient (Wildman–Crippen LogP) is 2.62. The monoisotopic (exact) mass is 344 g/mol. The van der Waals surface area contributed by atoms with Gasteiger partial charge in [0, 0.05) is 18.3 Å². The summed E-state index contributed by atoms with van der Waals surface area (Å²) in [6.07, 6.45) is 5.68. The van der Waals surface area contributed by atoms with Gasteiger partial charge in [0.05, 0.1) is 11.4 Å². The van der Waals surface area contributed by atoms with E-state index in [1.165, 1.54) is 40.7 Å². The average Bonchev–Trinajstić information content (AvgIpc) is 3.04. The molecule has 1 aliphatic carbocycles. The van der Waals surface area contributed by atoms with Crippen LogP contribution in [-0.2, 0) is 30.5 Å². The minimum atomic E-state index is -1.02. The normalized spacial score (nSPS) is 13.3. The van der Waals surface area contributed by atoms with Gasteiger partial charge in [-0.1, -0.05) is 18.2 Å². The molecule has 1 amide bonds. The van der Waals surface area contributed by atoms with Crippen LogP contribution in [0.3, 0.4) is 0 Å². The van der Waals surface area contributed by atoms with Crippen LogP contribution in [0.2, 0.25) is 0 Å². The second-order valence-corrected chi connectivity index (χ2v) is 6.96. The number of benzene rings is 1. The van der Waals surface area contributed by atoms with Gasteiger partial charge in [-0.2, -0.15) is 0 Å². The Labute approximate surface area is 144 Å². The number of rotatable bonds is 6. The van der Waals surface area contributed by atoms with Gasteiger partial charge in [-0.05, 0) is 42.4 Å². The zero-order chi connectivity index (χ0) is 16.9. The molecule has 0 aliphatic heterocycles. The summed E-state index contributed by atoms with van der Waals surface area (Å²) in [6, 6.07) is 6.36. The molecule has 2 N–H and O–H groups in total. The number of fused-ring (bicyclic) bond motifs is 1. The molecule has 1 heterocycles. The Balaban J connectivity index is 1.48. The molecule has 3 rings (SSSR count). The van der Waals surface area contributed by atoms with Gasteiger partial charge < -0.3 is 10.4 Å². The quantitative estimate of drug-likeness (QED) is 0.844. The van der Waals surface area contributed by atoms with Crippen LogP contribution in [0.5, 0.6) is 0 Å². The van der Waals surface area contributed by atoms with Gasteiger partial charge in [-0.15, -0.1) is 11.3 Å². The van der Waals surface area contributed by atoms with E-state index in [9.17, 15) is 9.59 Å². The summed E-state index contributed by atoms with van der Waals surface area (Å²) in [4.78, 5) is 26.8. The van der Waals surface area contributed by atoms with Gasteiger partial charge in [0.2, 0.25) is 5.91 Å². The molecule has 0 unspecified atom stereocenters. The molecule has 1 aliphatic rings. The lowest BCUT2D eigenvalue weighted by molar-refractivity contribution is -0.120. The number of thiazole rings is 1. The second-order valence-electron chi connectivity index (χ2n) is 6.02. The van der Waals surface area contributed by atoms with Crippen LogP contribution >= 0.6 is 11.3 Å². The molecule has 1 aromatic carbocycles. The largest absolute Gasteiger partial charge is 0.476 e. The van der Waals surface area contributed by atoms with Crippen molar-refractivity contribution in [3.63, 3.8) is 0 Å². The minimum absolute atomic E-state index is 0.0132. The molecule has 0 radical (unpaired) electrons. The Morgan fingerprint density at radius 1 is 1.21 bits per heavy atom. The third kappa shape index (κ3) is 4.20. The number of carboxylic acid groups (broad SMARTS) is 1. The van der Waals surface area contributed by atoms with Crippen LogP contribution in [0.4, 0.5) is 0 Å². The summed E-state index contributed by atoms with van der Waals surface area (Å²) >= 11 is 1.31. The van der Waals surface area contributed by atoms with Gasteiger partial charge >= 0.3 is 5.97 Å². The number of aryl methyl sites for hydroxylation is 2. The number of carbonyl (C=O) groups is 2. The molecule has 0 spiro atoms. The summed E-state index contributed by atoms with van der Waals surface area (Å²) in [7, 11) is 0. The number of hydrogen-bond donors (Lipinski definition) is 2. The maximum Gasteiger partial charge on any atom is 0.355 e. The van der Waals surface area contributed by atoms with Crippen LogP contribution in [0, 0.1) is 0 Å². The topological polar surface area (TPSA) is 79.3 Å². The number of carbonyl (C=O) groups excluding carboxylic acids is 1. The number of aromatic nitrogens is 1.